The third kappa shape index (κ3) is 3.45. The SMILES string of the molecule is CNC(CCc1nccn1C)c1ccc(Br)cc1C. The van der Waals surface area contributed by atoms with E-state index >= 15 is 0 Å². The van der Waals surface area contributed by atoms with E-state index in [0.29, 0.717) is 6.04 Å². The van der Waals surface area contributed by atoms with E-state index in [0.717, 1.165) is 23.1 Å². The van der Waals surface area contributed by atoms with Gasteiger partial charge in [-0.2, -0.15) is 0 Å². The number of hydrogen-bond acceptors (Lipinski definition) is 2. The summed E-state index contributed by atoms with van der Waals surface area (Å²) >= 11 is 3.51. The molecule has 0 aliphatic carbocycles. The maximum atomic E-state index is 4.38. The van der Waals surface area contributed by atoms with E-state index in [-0.39, 0.29) is 0 Å². The largest absolute Gasteiger partial charge is 0.338 e. The quantitative estimate of drug-likeness (QED) is 0.914. The molecule has 1 heterocycles. The molecule has 3 nitrogen and oxygen atoms in total. The number of imidazole rings is 1. The highest BCUT2D eigenvalue weighted by atomic mass is 79.9. The number of nitrogens with zero attached hydrogens (tertiary/aromatic N) is 2. The summed E-state index contributed by atoms with van der Waals surface area (Å²) in [4.78, 5) is 4.38. The van der Waals surface area contributed by atoms with Crippen LogP contribution in [0.25, 0.3) is 0 Å². The molecule has 0 bridgehead atoms. The molecule has 0 spiro atoms. The van der Waals surface area contributed by atoms with Crippen molar-refractivity contribution in [1.29, 1.82) is 0 Å². The molecule has 0 radical (unpaired) electrons. The molecule has 2 aromatic rings. The van der Waals surface area contributed by atoms with Gasteiger partial charge in [-0.25, -0.2) is 4.98 Å². The van der Waals surface area contributed by atoms with Crippen LogP contribution < -0.4 is 5.32 Å². The first-order chi connectivity index (χ1) is 9.11. The normalized spacial score (nSPS) is 12.6. The van der Waals surface area contributed by atoms with Gasteiger partial charge >= 0.3 is 0 Å². The Labute approximate surface area is 123 Å². The van der Waals surface area contributed by atoms with Crippen molar-refractivity contribution < 1.29 is 0 Å². The second-order valence-electron chi connectivity index (χ2n) is 4.84. The highest BCUT2D eigenvalue weighted by molar-refractivity contribution is 9.10. The fraction of sp³-hybridized carbons (Fsp3) is 0.400. The minimum atomic E-state index is 0.366. The van der Waals surface area contributed by atoms with Gasteiger partial charge in [0.2, 0.25) is 0 Å². The summed E-state index contributed by atoms with van der Waals surface area (Å²) in [5.41, 5.74) is 2.67. The summed E-state index contributed by atoms with van der Waals surface area (Å²) in [6.07, 6.45) is 5.87. The van der Waals surface area contributed by atoms with E-state index in [1.165, 1.54) is 11.1 Å². The lowest BCUT2D eigenvalue weighted by molar-refractivity contribution is 0.533. The smallest absolute Gasteiger partial charge is 0.108 e. The molecule has 1 N–H and O–H groups in total. The molecule has 0 saturated heterocycles. The Kier molecular flexibility index (Phi) is 4.77. The van der Waals surface area contributed by atoms with E-state index in [1.54, 1.807) is 0 Å². The number of hydrogen-bond donors (Lipinski definition) is 1. The van der Waals surface area contributed by atoms with Gasteiger partial charge in [0, 0.05) is 36.4 Å². The second kappa shape index (κ2) is 6.35. The minimum Gasteiger partial charge on any atom is -0.338 e. The van der Waals surface area contributed by atoms with Crippen molar-refractivity contribution in [3.63, 3.8) is 0 Å². The lowest BCUT2D eigenvalue weighted by Crippen LogP contribution is -2.18. The topological polar surface area (TPSA) is 29.9 Å². The van der Waals surface area contributed by atoms with E-state index in [4.69, 9.17) is 0 Å². The molecule has 4 heteroatoms. The molecule has 1 aromatic carbocycles. The summed E-state index contributed by atoms with van der Waals surface area (Å²) in [5.74, 6) is 1.13. The summed E-state index contributed by atoms with van der Waals surface area (Å²) in [6, 6.07) is 6.83. The van der Waals surface area contributed by atoms with Gasteiger partial charge in [-0.15, -0.1) is 0 Å². The summed E-state index contributed by atoms with van der Waals surface area (Å²) in [7, 11) is 4.06. The summed E-state index contributed by atoms with van der Waals surface area (Å²) in [5, 5.41) is 3.41. The molecular formula is C15H20BrN3. The van der Waals surface area contributed by atoms with E-state index in [2.05, 4.69) is 55.9 Å². The lowest BCUT2D eigenvalue weighted by Gasteiger charge is -2.19. The van der Waals surface area contributed by atoms with E-state index < -0.39 is 0 Å². The Balaban J connectivity index is 2.10. The van der Waals surface area contributed by atoms with Crippen LogP contribution in [0.1, 0.15) is 29.4 Å². The maximum Gasteiger partial charge on any atom is 0.108 e. The minimum absolute atomic E-state index is 0.366. The van der Waals surface area contributed by atoms with Crippen molar-refractivity contribution in [2.24, 2.45) is 7.05 Å². The van der Waals surface area contributed by atoms with Crippen molar-refractivity contribution in [3.8, 4) is 0 Å². The first-order valence-corrected chi connectivity index (χ1v) is 7.30. The van der Waals surface area contributed by atoms with Gasteiger partial charge in [-0.05, 0) is 43.7 Å². The molecule has 1 aromatic heterocycles. The van der Waals surface area contributed by atoms with E-state index in [9.17, 15) is 0 Å². The fourth-order valence-corrected chi connectivity index (χ4v) is 2.87. The third-order valence-corrected chi connectivity index (χ3v) is 4.03. The molecule has 0 saturated carbocycles. The Morgan fingerprint density at radius 2 is 2.21 bits per heavy atom. The molecular weight excluding hydrogens is 302 g/mol. The van der Waals surface area contributed by atoms with Crippen LogP contribution in [0, 0.1) is 6.92 Å². The maximum absolute atomic E-state index is 4.38. The molecule has 0 aliphatic rings. The first-order valence-electron chi connectivity index (χ1n) is 6.51. The molecule has 1 atom stereocenters. The highest BCUT2D eigenvalue weighted by Gasteiger charge is 2.13. The zero-order chi connectivity index (χ0) is 13.8. The van der Waals surface area contributed by atoms with Gasteiger partial charge in [-0.3, -0.25) is 0 Å². The van der Waals surface area contributed by atoms with Crippen LogP contribution in [-0.4, -0.2) is 16.6 Å². The molecule has 102 valence electrons. The Morgan fingerprint density at radius 1 is 1.42 bits per heavy atom. The van der Waals surface area contributed by atoms with Crippen molar-refractivity contribution in [3.05, 3.63) is 52.0 Å². The number of halogens is 1. The monoisotopic (exact) mass is 321 g/mol. The predicted octanol–water partition coefficient (Wildman–Crippen LogP) is 3.38. The molecule has 0 fully saturated rings. The summed E-state index contributed by atoms with van der Waals surface area (Å²) in [6.45, 7) is 2.16. The molecule has 1 unspecified atom stereocenters. The van der Waals surface area contributed by atoms with Gasteiger partial charge in [0.15, 0.2) is 0 Å². The Hall–Kier alpha value is -1.13. The Morgan fingerprint density at radius 3 is 2.79 bits per heavy atom. The Bertz CT molecular complexity index is 548. The lowest BCUT2D eigenvalue weighted by atomic mass is 9.97. The van der Waals surface area contributed by atoms with Crippen LogP contribution in [0.4, 0.5) is 0 Å². The number of benzene rings is 1. The number of aromatic nitrogens is 2. The number of aryl methyl sites for hydroxylation is 3. The van der Waals surface area contributed by atoms with Crippen LogP contribution in [0.15, 0.2) is 35.1 Å². The van der Waals surface area contributed by atoms with Gasteiger partial charge in [0.25, 0.3) is 0 Å². The van der Waals surface area contributed by atoms with Gasteiger partial charge in [-0.1, -0.05) is 22.0 Å². The second-order valence-corrected chi connectivity index (χ2v) is 5.75. The van der Waals surface area contributed by atoms with Gasteiger partial charge in [0.1, 0.15) is 5.82 Å². The van der Waals surface area contributed by atoms with Crippen molar-refractivity contribution >= 4 is 15.9 Å². The molecule has 0 amide bonds. The standard InChI is InChI=1S/C15H20BrN3/c1-11-10-12(16)4-5-13(11)14(17-2)6-7-15-18-8-9-19(15)3/h4-5,8-10,14,17H,6-7H2,1-3H3. The molecule has 19 heavy (non-hydrogen) atoms. The van der Waals surface area contributed by atoms with Crippen LogP contribution in [0.2, 0.25) is 0 Å². The average Bonchev–Trinajstić information content (AvgIpc) is 2.78. The van der Waals surface area contributed by atoms with Crippen molar-refractivity contribution in [2.45, 2.75) is 25.8 Å². The zero-order valence-electron chi connectivity index (χ0n) is 11.7. The molecule has 2 rings (SSSR count). The van der Waals surface area contributed by atoms with Crippen molar-refractivity contribution in [2.75, 3.05) is 7.05 Å². The third-order valence-electron chi connectivity index (χ3n) is 3.53. The van der Waals surface area contributed by atoms with Gasteiger partial charge < -0.3 is 9.88 Å². The average molecular weight is 322 g/mol. The zero-order valence-corrected chi connectivity index (χ0v) is 13.2. The van der Waals surface area contributed by atoms with E-state index in [1.807, 2.05) is 26.5 Å². The number of rotatable bonds is 5. The number of nitrogens with one attached hydrogen (secondary N) is 1. The van der Waals surface area contributed by atoms with Crippen molar-refractivity contribution in [1.82, 2.24) is 14.9 Å². The molecule has 0 aliphatic heterocycles. The van der Waals surface area contributed by atoms with Crippen LogP contribution >= 0.6 is 15.9 Å². The van der Waals surface area contributed by atoms with Crippen LogP contribution in [-0.2, 0) is 13.5 Å². The summed E-state index contributed by atoms with van der Waals surface area (Å²) < 4.78 is 3.22. The van der Waals surface area contributed by atoms with Crippen LogP contribution in [0.3, 0.4) is 0 Å². The van der Waals surface area contributed by atoms with Crippen LogP contribution in [0.5, 0.6) is 0 Å². The highest BCUT2D eigenvalue weighted by Crippen LogP contribution is 2.24. The van der Waals surface area contributed by atoms with Gasteiger partial charge in [0.05, 0.1) is 0 Å². The first kappa shape index (κ1) is 14.3. The predicted molar refractivity (Wildman–Crippen MR) is 82.2 cm³/mol. The fourth-order valence-electron chi connectivity index (χ4n) is 2.40.